The topological polar surface area (TPSA) is 88.9 Å². The SMILES string of the molecule is C=CCn1c(SCC(=O)Nc2ccc(I)cc2C)nnc1[C@@H](NC(=O)c1ccccc1Cl)C(C)C. The van der Waals surface area contributed by atoms with Gasteiger partial charge in [-0.25, -0.2) is 0 Å². The molecule has 1 heterocycles. The normalized spacial score (nSPS) is 11.8. The van der Waals surface area contributed by atoms with Crippen molar-refractivity contribution < 1.29 is 9.59 Å². The van der Waals surface area contributed by atoms with Crippen molar-refractivity contribution in [1.82, 2.24) is 20.1 Å². The highest BCUT2D eigenvalue weighted by Crippen LogP contribution is 2.27. The number of aromatic nitrogens is 3. The molecule has 0 bridgehead atoms. The number of anilines is 1. The van der Waals surface area contributed by atoms with E-state index in [4.69, 9.17) is 11.6 Å². The summed E-state index contributed by atoms with van der Waals surface area (Å²) >= 11 is 9.74. The number of rotatable bonds is 10. The molecule has 0 aliphatic carbocycles. The Labute approximate surface area is 228 Å². The monoisotopic (exact) mass is 623 g/mol. The first-order valence-corrected chi connectivity index (χ1v) is 13.4. The Morgan fingerprint density at radius 2 is 1.97 bits per heavy atom. The fourth-order valence-electron chi connectivity index (χ4n) is 3.41. The molecular weight excluding hydrogens is 597 g/mol. The Morgan fingerprint density at radius 1 is 1.23 bits per heavy atom. The van der Waals surface area contributed by atoms with Gasteiger partial charge in [0.1, 0.15) is 0 Å². The van der Waals surface area contributed by atoms with Gasteiger partial charge in [-0.3, -0.25) is 9.59 Å². The fourth-order valence-corrected chi connectivity index (χ4v) is 5.04. The van der Waals surface area contributed by atoms with Gasteiger partial charge in [0.2, 0.25) is 5.91 Å². The molecule has 0 spiro atoms. The van der Waals surface area contributed by atoms with Gasteiger partial charge < -0.3 is 15.2 Å². The summed E-state index contributed by atoms with van der Waals surface area (Å²) in [5.74, 6) is 0.361. The smallest absolute Gasteiger partial charge is 0.253 e. The molecule has 7 nitrogen and oxygen atoms in total. The number of benzene rings is 2. The molecule has 2 amide bonds. The summed E-state index contributed by atoms with van der Waals surface area (Å²) in [4.78, 5) is 25.5. The van der Waals surface area contributed by atoms with Crippen molar-refractivity contribution in [3.63, 3.8) is 0 Å². The molecule has 0 aliphatic heterocycles. The molecule has 1 atom stereocenters. The lowest BCUT2D eigenvalue weighted by Gasteiger charge is -2.23. The summed E-state index contributed by atoms with van der Waals surface area (Å²) in [7, 11) is 0. The molecule has 0 unspecified atom stereocenters. The van der Waals surface area contributed by atoms with E-state index in [-0.39, 0.29) is 23.5 Å². The van der Waals surface area contributed by atoms with Gasteiger partial charge >= 0.3 is 0 Å². The first kappa shape index (κ1) is 27.2. The van der Waals surface area contributed by atoms with Gasteiger partial charge in [-0.1, -0.05) is 55.4 Å². The van der Waals surface area contributed by atoms with Crippen molar-refractivity contribution in [1.29, 1.82) is 0 Å². The maximum Gasteiger partial charge on any atom is 0.253 e. The molecule has 3 aromatic rings. The summed E-state index contributed by atoms with van der Waals surface area (Å²) in [5, 5.41) is 15.6. The van der Waals surface area contributed by atoms with Crippen molar-refractivity contribution in [3.8, 4) is 0 Å². The number of thioether (sulfide) groups is 1. The molecule has 0 saturated carbocycles. The van der Waals surface area contributed by atoms with Crippen LogP contribution in [0.2, 0.25) is 5.02 Å². The van der Waals surface area contributed by atoms with Crippen LogP contribution in [0.25, 0.3) is 0 Å². The molecule has 184 valence electrons. The zero-order valence-corrected chi connectivity index (χ0v) is 23.4. The lowest BCUT2D eigenvalue weighted by molar-refractivity contribution is -0.113. The first-order chi connectivity index (χ1) is 16.7. The Balaban J connectivity index is 1.76. The average Bonchev–Trinajstić information content (AvgIpc) is 3.20. The number of allylic oxidation sites excluding steroid dienone is 1. The number of nitrogens with zero attached hydrogens (tertiary/aromatic N) is 3. The van der Waals surface area contributed by atoms with Crippen molar-refractivity contribution >= 4 is 63.5 Å². The van der Waals surface area contributed by atoms with Crippen molar-refractivity contribution in [2.24, 2.45) is 5.92 Å². The molecule has 0 aliphatic rings. The molecule has 2 N–H and O–H groups in total. The molecule has 10 heteroatoms. The lowest BCUT2D eigenvalue weighted by Crippen LogP contribution is -2.34. The Hall–Kier alpha value is -2.37. The second kappa shape index (κ2) is 12.5. The zero-order chi connectivity index (χ0) is 25.5. The quantitative estimate of drug-likeness (QED) is 0.167. The number of carbonyl (C=O) groups is 2. The summed E-state index contributed by atoms with van der Waals surface area (Å²) in [6, 6.07) is 12.3. The van der Waals surface area contributed by atoms with E-state index >= 15 is 0 Å². The van der Waals surface area contributed by atoms with Gasteiger partial charge in [0, 0.05) is 15.8 Å². The van der Waals surface area contributed by atoms with Crippen LogP contribution in [-0.2, 0) is 11.3 Å². The summed E-state index contributed by atoms with van der Waals surface area (Å²) in [6.45, 7) is 10.2. The van der Waals surface area contributed by atoms with E-state index in [0.717, 1.165) is 14.8 Å². The predicted molar refractivity (Wildman–Crippen MR) is 150 cm³/mol. The first-order valence-electron chi connectivity index (χ1n) is 11.0. The summed E-state index contributed by atoms with van der Waals surface area (Å²) in [5.41, 5.74) is 2.18. The minimum absolute atomic E-state index is 0.0270. The minimum atomic E-state index is -0.413. The lowest BCUT2D eigenvalue weighted by atomic mass is 10.0. The van der Waals surface area contributed by atoms with Crippen LogP contribution in [0.3, 0.4) is 0 Å². The maximum atomic E-state index is 12.9. The maximum absolute atomic E-state index is 12.9. The van der Waals surface area contributed by atoms with Crippen LogP contribution >= 0.6 is 46.0 Å². The third-order valence-electron chi connectivity index (χ3n) is 5.20. The Morgan fingerprint density at radius 3 is 2.63 bits per heavy atom. The second-order valence-corrected chi connectivity index (χ2v) is 10.8. The van der Waals surface area contributed by atoms with Gasteiger partial charge in [-0.15, -0.1) is 16.8 Å². The van der Waals surface area contributed by atoms with Crippen LogP contribution in [0.5, 0.6) is 0 Å². The van der Waals surface area contributed by atoms with Gasteiger partial charge in [-0.05, 0) is 71.3 Å². The van der Waals surface area contributed by atoms with Crippen LogP contribution in [0.4, 0.5) is 5.69 Å². The summed E-state index contributed by atoms with van der Waals surface area (Å²) < 4.78 is 2.98. The number of amides is 2. The number of halogens is 2. The van der Waals surface area contributed by atoms with E-state index in [2.05, 4.69) is 50.0 Å². The molecule has 3 rings (SSSR count). The summed E-state index contributed by atoms with van der Waals surface area (Å²) in [6.07, 6.45) is 1.74. The highest BCUT2D eigenvalue weighted by atomic mass is 127. The Bertz CT molecular complexity index is 1230. The molecule has 0 fully saturated rings. The van der Waals surface area contributed by atoms with Crippen molar-refractivity contribution in [2.75, 3.05) is 11.1 Å². The van der Waals surface area contributed by atoms with E-state index in [1.165, 1.54) is 11.8 Å². The van der Waals surface area contributed by atoms with E-state index in [0.29, 0.717) is 28.1 Å². The molecule has 0 radical (unpaired) electrons. The average molecular weight is 624 g/mol. The van der Waals surface area contributed by atoms with Gasteiger partial charge in [0.15, 0.2) is 11.0 Å². The molecular formula is C25H27ClIN5O2S. The standard InChI is InChI=1S/C25H27ClIN5O2S/c1-5-12-32-23(22(15(2)3)29-24(34)18-8-6-7-9-19(18)26)30-31-25(32)35-14-21(33)28-20-11-10-17(27)13-16(20)4/h5-11,13,15,22H,1,12,14H2,2-4H3,(H,28,33)(H,29,34)/t22-/m0/s1. The number of nitrogens with one attached hydrogen (secondary N) is 2. The number of hydrogen-bond donors (Lipinski definition) is 2. The van der Waals surface area contributed by atoms with Crippen LogP contribution in [0, 0.1) is 16.4 Å². The highest BCUT2D eigenvalue weighted by Gasteiger charge is 2.27. The van der Waals surface area contributed by atoms with Gasteiger partial charge in [0.25, 0.3) is 5.91 Å². The second-order valence-electron chi connectivity index (χ2n) is 8.21. The van der Waals surface area contributed by atoms with Gasteiger partial charge in [0.05, 0.1) is 22.4 Å². The molecule has 0 saturated heterocycles. The molecule has 35 heavy (non-hydrogen) atoms. The van der Waals surface area contributed by atoms with Crippen LogP contribution in [0.1, 0.15) is 41.6 Å². The van der Waals surface area contributed by atoms with Gasteiger partial charge in [-0.2, -0.15) is 0 Å². The van der Waals surface area contributed by atoms with Crippen LogP contribution in [-0.4, -0.2) is 32.3 Å². The minimum Gasteiger partial charge on any atom is -0.342 e. The third-order valence-corrected chi connectivity index (χ3v) is 7.17. The number of carbonyl (C=O) groups excluding carboxylic acids is 2. The van der Waals surface area contributed by atoms with Crippen LogP contribution < -0.4 is 10.6 Å². The zero-order valence-electron chi connectivity index (χ0n) is 19.7. The van der Waals surface area contributed by atoms with Crippen LogP contribution in [0.15, 0.2) is 60.3 Å². The van der Waals surface area contributed by atoms with E-state index in [1.807, 2.05) is 43.5 Å². The van der Waals surface area contributed by atoms with Crippen molar-refractivity contribution in [3.05, 3.63) is 80.7 Å². The molecule has 1 aromatic heterocycles. The molecule has 2 aromatic carbocycles. The Kier molecular flexibility index (Phi) is 9.76. The largest absolute Gasteiger partial charge is 0.342 e. The number of hydrogen-bond acceptors (Lipinski definition) is 5. The van der Waals surface area contributed by atoms with E-state index < -0.39 is 6.04 Å². The predicted octanol–water partition coefficient (Wildman–Crippen LogP) is 5.89. The van der Waals surface area contributed by atoms with E-state index in [1.54, 1.807) is 30.3 Å². The fraction of sp³-hybridized carbons (Fsp3) is 0.280. The third kappa shape index (κ3) is 7.08. The highest BCUT2D eigenvalue weighted by molar-refractivity contribution is 14.1. The van der Waals surface area contributed by atoms with Crippen molar-refractivity contribution in [2.45, 2.75) is 38.5 Å². The van der Waals surface area contributed by atoms with E-state index in [9.17, 15) is 9.59 Å². The number of aryl methyl sites for hydroxylation is 1.